The van der Waals surface area contributed by atoms with Crippen molar-refractivity contribution in [1.29, 1.82) is 0 Å². The number of rotatable bonds is 7. The number of nitrogens with one attached hydrogen (secondary N) is 1. The quantitative estimate of drug-likeness (QED) is 0.103. The van der Waals surface area contributed by atoms with Gasteiger partial charge in [0.05, 0.1) is 0 Å². The van der Waals surface area contributed by atoms with Crippen LogP contribution in [0.25, 0.3) is 70.7 Å². The molecule has 0 saturated carbocycles. The number of hydrogen-bond acceptors (Lipinski definition) is 2. The summed E-state index contributed by atoms with van der Waals surface area (Å²) in [5.74, 6) is 0. The number of nitrogens with two attached hydrogens (primary N) is 1. The number of allylic oxidation sites excluding steroid dienone is 1. The van der Waals surface area contributed by atoms with Crippen LogP contribution in [-0.4, -0.2) is 0 Å². The fourth-order valence-electron chi connectivity index (χ4n) is 7.72. The smallest absolute Gasteiger partial charge is 0.101 e. The lowest BCUT2D eigenvalue weighted by Gasteiger charge is -2.23. The molecule has 9 aromatic carbocycles. The number of hydrogen-bond donors (Lipinski definition) is 2. The zero-order valence-electron chi connectivity index (χ0n) is 27.7. The van der Waals surface area contributed by atoms with Gasteiger partial charge in [-0.2, -0.15) is 0 Å². The molecule has 9 aromatic rings. The van der Waals surface area contributed by atoms with Crippen molar-refractivity contribution in [2.75, 3.05) is 0 Å². The normalized spacial score (nSPS) is 12.6. The van der Waals surface area contributed by atoms with Gasteiger partial charge in [0.2, 0.25) is 0 Å². The lowest BCUT2D eigenvalue weighted by molar-refractivity contribution is 0.666. The summed E-state index contributed by atoms with van der Waals surface area (Å²) in [6.45, 7) is 0. The van der Waals surface area contributed by atoms with E-state index in [1.807, 2.05) is 18.2 Å². The minimum atomic E-state index is -0.392. The molecule has 0 radical (unpaired) electrons. The van der Waals surface area contributed by atoms with E-state index in [1.165, 1.54) is 70.6 Å². The Labute approximate surface area is 292 Å². The molecule has 238 valence electrons. The Morgan fingerprint density at radius 3 is 1.84 bits per heavy atom. The summed E-state index contributed by atoms with van der Waals surface area (Å²) in [6.07, 6.45) is 2.68. The first-order valence-electron chi connectivity index (χ1n) is 17.3. The molecule has 2 nitrogen and oxygen atoms in total. The Balaban J connectivity index is 1.27. The van der Waals surface area contributed by atoms with Crippen molar-refractivity contribution in [1.82, 2.24) is 5.32 Å². The summed E-state index contributed by atoms with van der Waals surface area (Å²) in [6, 6.07) is 63.2. The van der Waals surface area contributed by atoms with Crippen molar-refractivity contribution in [2.45, 2.75) is 12.6 Å². The maximum atomic E-state index is 6.95. The first-order valence-corrected chi connectivity index (χ1v) is 17.3. The van der Waals surface area contributed by atoms with E-state index in [4.69, 9.17) is 5.73 Å². The summed E-state index contributed by atoms with van der Waals surface area (Å²) >= 11 is 0. The average Bonchev–Trinajstić information content (AvgIpc) is 3.18. The SMILES string of the molecule is NC(N/C(=C\Cc1cc2ccccc2c2ccccc12)c1ccccc1-c1c2ccccc2cc2c1ccc1ccccc12)c1ccccc1. The van der Waals surface area contributed by atoms with Crippen LogP contribution in [0.15, 0.2) is 182 Å². The Kier molecular flexibility index (Phi) is 7.57. The highest BCUT2D eigenvalue weighted by Gasteiger charge is 2.18. The second kappa shape index (κ2) is 12.7. The van der Waals surface area contributed by atoms with Gasteiger partial charge in [-0.25, -0.2) is 0 Å². The average molecular weight is 641 g/mol. The highest BCUT2D eigenvalue weighted by Crippen LogP contribution is 2.42. The lowest BCUT2D eigenvalue weighted by Crippen LogP contribution is -2.27. The van der Waals surface area contributed by atoms with E-state index in [2.05, 4.69) is 169 Å². The molecule has 0 heterocycles. The van der Waals surface area contributed by atoms with E-state index in [-0.39, 0.29) is 0 Å². The molecule has 0 saturated heterocycles. The molecular formula is C48H36N2. The monoisotopic (exact) mass is 640 g/mol. The van der Waals surface area contributed by atoms with Crippen molar-refractivity contribution < 1.29 is 0 Å². The van der Waals surface area contributed by atoms with Crippen LogP contribution in [0.3, 0.4) is 0 Å². The molecule has 0 aliphatic heterocycles. The first kappa shape index (κ1) is 29.9. The predicted molar refractivity (Wildman–Crippen MR) is 214 cm³/mol. The molecule has 1 unspecified atom stereocenters. The van der Waals surface area contributed by atoms with Gasteiger partial charge in [0, 0.05) is 11.3 Å². The largest absolute Gasteiger partial charge is 0.366 e. The van der Waals surface area contributed by atoms with E-state index in [1.54, 1.807) is 0 Å². The van der Waals surface area contributed by atoms with Gasteiger partial charge in [0.1, 0.15) is 6.17 Å². The molecule has 0 aliphatic carbocycles. The minimum Gasteiger partial charge on any atom is -0.366 e. The van der Waals surface area contributed by atoms with Gasteiger partial charge in [0.25, 0.3) is 0 Å². The number of fused-ring (bicyclic) bond motifs is 7. The van der Waals surface area contributed by atoms with Crippen LogP contribution < -0.4 is 11.1 Å². The molecule has 3 N–H and O–H groups in total. The molecule has 0 aliphatic rings. The van der Waals surface area contributed by atoms with Crippen molar-refractivity contribution in [3.8, 4) is 11.1 Å². The Bertz CT molecular complexity index is 2720. The van der Waals surface area contributed by atoms with Crippen LogP contribution >= 0.6 is 0 Å². The van der Waals surface area contributed by atoms with Crippen LogP contribution in [0.1, 0.15) is 22.9 Å². The molecule has 0 aromatic heterocycles. The Morgan fingerprint density at radius 2 is 1.06 bits per heavy atom. The molecule has 0 amide bonds. The maximum absolute atomic E-state index is 6.95. The van der Waals surface area contributed by atoms with Crippen molar-refractivity contribution >= 4 is 59.6 Å². The fourth-order valence-corrected chi connectivity index (χ4v) is 7.72. The molecule has 0 spiro atoms. The van der Waals surface area contributed by atoms with Crippen LogP contribution in [0.2, 0.25) is 0 Å². The second-order valence-electron chi connectivity index (χ2n) is 13.1. The highest BCUT2D eigenvalue weighted by molar-refractivity contribution is 6.20. The molecule has 2 heteroatoms. The summed E-state index contributed by atoms with van der Waals surface area (Å²) in [4.78, 5) is 0. The molecule has 9 rings (SSSR count). The summed E-state index contributed by atoms with van der Waals surface area (Å²) in [5, 5.41) is 16.3. The minimum absolute atomic E-state index is 0.392. The van der Waals surface area contributed by atoms with Crippen molar-refractivity contribution in [3.05, 3.63) is 199 Å². The molecular weight excluding hydrogens is 605 g/mol. The van der Waals surface area contributed by atoms with E-state index in [0.717, 1.165) is 23.2 Å². The molecule has 50 heavy (non-hydrogen) atoms. The van der Waals surface area contributed by atoms with Crippen molar-refractivity contribution in [3.63, 3.8) is 0 Å². The van der Waals surface area contributed by atoms with Crippen LogP contribution in [-0.2, 0) is 6.42 Å². The standard InChI is InChI=1S/C48H36N2/c49-48(33-15-2-1-3-16-33)50-46(29-27-36-30-34-17-5-8-20-38(34)41-23-11-10-21-39(36)41)42-24-12-13-25-43(42)47-40-22-9-6-18-35(40)31-45-37-19-7-4-14-32(37)26-28-44(45)47/h1-26,28-31,48,50H,27,49H2/b46-29-. The Morgan fingerprint density at radius 1 is 0.480 bits per heavy atom. The highest BCUT2D eigenvalue weighted by atomic mass is 15.0. The molecule has 1 atom stereocenters. The summed E-state index contributed by atoms with van der Waals surface area (Å²) in [7, 11) is 0. The van der Waals surface area contributed by atoms with E-state index < -0.39 is 6.17 Å². The van der Waals surface area contributed by atoms with E-state index >= 15 is 0 Å². The molecule has 0 fully saturated rings. The van der Waals surface area contributed by atoms with E-state index in [9.17, 15) is 0 Å². The van der Waals surface area contributed by atoms with Crippen molar-refractivity contribution in [2.24, 2.45) is 5.73 Å². The summed E-state index contributed by atoms with van der Waals surface area (Å²) in [5.41, 5.74) is 13.8. The van der Waals surface area contributed by atoms with Gasteiger partial charge in [-0.3, -0.25) is 0 Å². The third kappa shape index (κ3) is 5.27. The van der Waals surface area contributed by atoms with Gasteiger partial charge in [-0.15, -0.1) is 0 Å². The van der Waals surface area contributed by atoms with Gasteiger partial charge in [-0.1, -0.05) is 176 Å². The zero-order valence-corrected chi connectivity index (χ0v) is 27.7. The maximum Gasteiger partial charge on any atom is 0.101 e. The van der Waals surface area contributed by atoms with Crippen LogP contribution in [0, 0.1) is 0 Å². The van der Waals surface area contributed by atoms with Crippen LogP contribution in [0.4, 0.5) is 0 Å². The summed E-state index contributed by atoms with van der Waals surface area (Å²) < 4.78 is 0. The van der Waals surface area contributed by atoms with Gasteiger partial charge in [-0.05, 0) is 88.6 Å². The number of benzene rings is 9. The van der Waals surface area contributed by atoms with Gasteiger partial charge >= 0.3 is 0 Å². The van der Waals surface area contributed by atoms with Crippen LogP contribution in [0.5, 0.6) is 0 Å². The predicted octanol–water partition coefficient (Wildman–Crippen LogP) is 12.0. The lowest BCUT2D eigenvalue weighted by atomic mass is 9.87. The topological polar surface area (TPSA) is 38.0 Å². The fraction of sp³-hybridized carbons (Fsp3) is 0.0417. The van der Waals surface area contributed by atoms with Gasteiger partial charge < -0.3 is 11.1 Å². The first-order chi connectivity index (χ1) is 24.7. The Hall–Kier alpha value is -6.22. The molecule has 0 bridgehead atoms. The zero-order chi connectivity index (χ0) is 33.4. The van der Waals surface area contributed by atoms with Gasteiger partial charge in [0.15, 0.2) is 0 Å². The third-order valence-electron chi connectivity index (χ3n) is 10.1. The third-order valence-corrected chi connectivity index (χ3v) is 10.1. The second-order valence-corrected chi connectivity index (χ2v) is 13.1. The van der Waals surface area contributed by atoms with E-state index in [0.29, 0.717) is 0 Å².